The average molecular weight is 546 g/mol. The summed E-state index contributed by atoms with van der Waals surface area (Å²) < 4.78 is 35.6. The monoisotopic (exact) mass is 545 g/mol. The second-order valence-electron chi connectivity index (χ2n) is 10.5. The molecule has 0 radical (unpaired) electrons. The number of rotatable bonds is 10. The smallest absolute Gasteiger partial charge is 0.224 e. The maximum atomic E-state index is 11.9. The van der Waals surface area contributed by atoms with Crippen molar-refractivity contribution in [3.05, 3.63) is 23.5 Å². The Kier molecular flexibility index (Phi) is 7.23. The molecule has 2 saturated carbocycles. The molecule has 0 saturated heterocycles. The van der Waals surface area contributed by atoms with E-state index in [4.69, 9.17) is 14.1 Å². The van der Waals surface area contributed by atoms with Crippen molar-refractivity contribution in [3.63, 3.8) is 0 Å². The summed E-state index contributed by atoms with van der Waals surface area (Å²) in [6, 6.07) is 3.09. The molecule has 4 atom stereocenters. The van der Waals surface area contributed by atoms with Gasteiger partial charge in [-0.15, -0.1) is 0 Å². The number of pyridine rings is 1. The number of nitrogens with one attached hydrogen (secondary N) is 2. The topological polar surface area (TPSA) is 160 Å². The summed E-state index contributed by atoms with van der Waals surface area (Å²) in [5.74, 6) is 1.74. The third-order valence-corrected chi connectivity index (χ3v) is 8.20. The summed E-state index contributed by atoms with van der Waals surface area (Å²) in [4.78, 5) is 13.9. The number of hydrogen-bond acceptors (Lipinski definition) is 11. The predicted octanol–water partition coefficient (Wildman–Crippen LogP) is 2.69. The van der Waals surface area contributed by atoms with Crippen LogP contribution in [0.15, 0.2) is 16.5 Å². The highest BCUT2D eigenvalue weighted by molar-refractivity contribution is 7.90. The van der Waals surface area contributed by atoms with Crippen LogP contribution in [0.2, 0.25) is 0 Å². The number of furan rings is 1. The number of fused-ring (bicyclic) bond motifs is 1. The molecule has 206 valence electrons. The minimum Gasteiger partial charge on any atom is -0.478 e. The zero-order valence-corrected chi connectivity index (χ0v) is 22.9. The van der Waals surface area contributed by atoms with Crippen molar-refractivity contribution in [3.8, 4) is 17.2 Å². The third kappa shape index (κ3) is 5.71. The van der Waals surface area contributed by atoms with Crippen LogP contribution < -0.4 is 15.4 Å². The minimum atomic E-state index is -3.33. The largest absolute Gasteiger partial charge is 0.478 e. The molecule has 2 fully saturated rings. The molecule has 2 aliphatic rings. The van der Waals surface area contributed by atoms with Crippen molar-refractivity contribution in [2.45, 2.75) is 58.3 Å². The van der Waals surface area contributed by atoms with Crippen molar-refractivity contribution in [2.75, 3.05) is 35.8 Å². The number of ether oxygens (including phenoxy) is 1. The van der Waals surface area contributed by atoms with Crippen LogP contribution in [0, 0.1) is 25.7 Å². The molecule has 3 aromatic rings. The maximum Gasteiger partial charge on any atom is 0.224 e. The number of aliphatic hydroxyl groups excluding tert-OH is 2. The lowest BCUT2D eigenvalue weighted by atomic mass is 10.1. The van der Waals surface area contributed by atoms with Crippen molar-refractivity contribution >= 4 is 32.6 Å². The number of anilines is 2. The Morgan fingerprint density at radius 3 is 2.55 bits per heavy atom. The van der Waals surface area contributed by atoms with Gasteiger partial charge in [0.15, 0.2) is 5.58 Å². The first kappa shape index (κ1) is 26.6. The Morgan fingerprint density at radius 1 is 1.11 bits per heavy atom. The fourth-order valence-electron chi connectivity index (χ4n) is 5.13. The van der Waals surface area contributed by atoms with Gasteiger partial charge in [-0.05, 0) is 52.0 Å². The van der Waals surface area contributed by atoms with Gasteiger partial charge in [-0.25, -0.2) is 18.4 Å². The van der Waals surface area contributed by atoms with Gasteiger partial charge in [0.1, 0.15) is 27.5 Å². The highest BCUT2D eigenvalue weighted by Gasteiger charge is 2.43. The molecule has 3 aromatic heterocycles. The quantitative estimate of drug-likeness (QED) is 0.297. The first-order chi connectivity index (χ1) is 18.0. The van der Waals surface area contributed by atoms with E-state index in [0.717, 1.165) is 18.2 Å². The zero-order chi connectivity index (χ0) is 27.2. The Labute approximate surface area is 222 Å². The molecule has 12 heteroatoms. The van der Waals surface area contributed by atoms with Gasteiger partial charge in [0.05, 0.1) is 41.5 Å². The van der Waals surface area contributed by atoms with Crippen LogP contribution >= 0.6 is 0 Å². The molecule has 0 aromatic carbocycles. The van der Waals surface area contributed by atoms with E-state index in [1.807, 2.05) is 32.9 Å². The van der Waals surface area contributed by atoms with Gasteiger partial charge >= 0.3 is 0 Å². The van der Waals surface area contributed by atoms with Gasteiger partial charge in [0, 0.05) is 30.2 Å². The molecule has 3 heterocycles. The van der Waals surface area contributed by atoms with E-state index in [-0.39, 0.29) is 12.2 Å². The molecule has 38 heavy (non-hydrogen) atoms. The second-order valence-corrected chi connectivity index (χ2v) is 12.7. The fourth-order valence-corrected chi connectivity index (χ4v) is 6.24. The molecule has 0 aliphatic heterocycles. The van der Waals surface area contributed by atoms with Crippen LogP contribution in [0.5, 0.6) is 5.88 Å². The molecule has 4 N–H and O–H groups in total. The fraction of sp³-hybridized carbons (Fsp3) is 0.577. The first-order valence-electron chi connectivity index (χ1n) is 13.0. The van der Waals surface area contributed by atoms with Crippen LogP contribution in [-0.4, -0.2) is 77.0 Å². The van der Waals surface area contributed by atoms with E-state index in [1.54, 1.807) is 0 Å². The van der Waals surface area contributed by atoms with Crippen LogP contribution in [0.4, 0.5) is 11.8 Å². The maximum absolute atomic E-state index is 11.9. The lowest BCUT2D eigenvalue weighted by Gasteiger charge is -2.21. The summed E-state index contributed by atoms with van der Waals surface area (Å²) in [6.45, 7) is 6.88. The number of nitrogens with zero attached hydrogens (tertiary/aromatic N) is 3. The minimum absolute atomic E-state index is 0.203. The number of aromatic nitrogens is 3. The van der Waals surface area contributed by atoms with Gasteiger partial charge in [-0.3, -0.25) is 0 Å². The molecule has 2 aliphatic carbocycles. The summed E-state index contributed by atoms with van der Waals surface area (Å²) in [5.41, 5.74) is 2.58. The lowest BCUT2D eigenvalue weighted by Crippen LogP contribution is -2.36. The highest BCUT2D eigenvalue weighted by Crippen LogP contribution is 2.38. The van der Waals surface area contributed by atoms with E-state index in [1.165, 1.54) is 12.8 Å². The van der Waals surface area contributed by atoms with Gasteiger partial charge in [-0.2, -0.15) is 4.98 Å². The summed E-state index contributed by atoms with van der Waals surface area (Å²) in [7, 11) is -3.33. The number of sulfone groups is 1. The molecule has 0 amide bonds. The molecular weight excluding hydrogens is 510 g/mol. The van der Waals surface area contributed by atoms with Crippen molar-refractivity contribution in [2.24, 2.45) is 11.8 Å². The Morgan fingerprint density at radius 2 is 1.87 bits per heavy atom. The normalized spacial score (nSPS) is 23.6. The number of aryl methyl sites for hydroxylation is 2. The van der Waals surface area contributed by atoms with E-state index in [0.29, 0.717) is 58.5 Å². The Balaban J connectivity index is 1.52. The Bertz CT molecular complexity index is 1440. The van der Waals surface area contributed by atoms with E-state index in [2.05, 4.69) is 20.6 Å². The van der Waals surface area contributed by atoms with Crippen molar-refractivity contribution < 1.29 is 27.8 Å². The van der Waals surface area contributed by atoms with Crippen LogP contribution in [0.3, 0.4) is 0 Å². The summed E-state index contributed by atoms with van der Waals surface area (Å²) in [6.07, 6.45) is 1.43. The molecule has 0 spiro atoms. The van der Waals surface area contributed by atoms with Gasteiger partial charge in [-0.1, -0.05) is 0 Å². The third-order valence-electron chi connectivity index (χ3n) is 7.16. The van der Waals surface area contributed by atoms with Gasteiger partial charge in [0.2, 0.25) is 11.8 Å². The molecule has 11 nitrogen and oxygen atoms in total. The van der Waals surface area contributed by atoms with Crippen LogP contribution in [-0.2, 0) is 9.84 Å². The van der Waals surface area contributed by atoms with Crippen molar-refractivity contribution in [1.29, 1.82) is 0 Å². The van der Waals surface area contributed by atoms with Gasteiger partial charge in [0.25, 0.3) is 0 Å². The van der Waals surface area contributed by atoms with E-state index < -0.39 is 34.0 Å². The molecule has 0 bridgehead atoms. The summed E-state index contributed by atoms with van der Waals surface area (Å²) in [5, 5.41) is 28.8. The predicted molar refractivity (Wildman–Crippen MR) is 144 cm³/mol. The Hall–Kier alpha value is -2.96. The van der Waals surface area contributed by atoms with Crippen LogP contribution in [0.25, 0.3) is 22.3 Å². The zero-order valence-electron chi connectivity index (χ0n) is 22.1. The van der Waals surface area contributed by atoms with Gasteiger partial charge < -0.3 is 30.0 Å². The SMILES string of the molecule is CCOc1cc2cc(-c3c(C)nc(NCC4CC4)nc3N[C@@H]3C[C@H](CS(C)(=O)=O)[C@@H](O)[C@H]3O)oc2c(C)n1. The molecular formula is C26H35N5O6S. The lowest BCUT2D eigenvalue weighted by molar-refractivity contribution is 0.0216. The standard InChI is InChI=1S/C26H35N5O6S/c1-5-36-20-10-16-9-19(37-24(16)14(3)28-20)21-13(2)29-26(27-11-15-6-7-15)31-25(21)30-18-8-17(12-38(4,34)35)22(32)23(18)33/h9-10,15,17-18,22-23,32-33H,5-8,11-12H2,1-4H3,(H2,27,29,30,31)/t17-,18-,22-,23+/m1/s1. The van der Waals surface area contributed by atoms with E-state index in [9.17, 15) is 18.6 Å². The second kappa shape index (κ2) is 10.3. The first-order valence-corrected chi connectivity index (χ1v) is 15.1. The van der Waals surface area contributed by atoms with Crippen molar-refractivity contribution in [1.82, 2.24) is 15.0 Å². The van der Waals surface area contributed by atoms with E-state index >= 15 is 0 Å². The van der Waals surface area contributed by atoms with Crippen LogP contribution in [0.1, 0.15) is 37.6 Å². The highest BCUT2D eigenvalue weighted by atomic mass is 32.2. The number of aliphatic hydroxyl groups is 2. The average Bonchev–Trinajstić information content (AvgIpc) is 3.51. The number of hydrogen-bond donors (Lipinski definition) is 4. The molecule has 0 unspecified atom stereocenters. The summed E-state index contributed by atoms with van der Waals surface area (Å²) >= 11 is 0. The molecule has 5 rings (SSSR count).